The number of methoxy groups -OCH3 is 1. The van der Waals surface area contributed by atoms with Crippen molar-refractivity contribution < 1.29 is 14.6 Å². The first-order valence-corrected chi connectivity index (χ1v) is 7.87. The Morgan fingerprint density at radius 1 is 1.41 bits per heavy atom. The largest absolute Gasteiger partial charge is 0.480 e. The fourth-order valence-corrected chi connectivity index (χ4v) is 2.77. The summed E-state index contributed by atoms with van der Waals surface area (Å²) in [4.78, 5) is 14.2. The summed E-state index contributed by atoms with van der Waals surface area (Å²) in [7, 11) is 1.67. The molecule has 0 atom stereocenters. The molecular weight excluding hydrogens is 298 g/mol. The second-order valence-electron chi connectivity index (χ2n) is 5.47. The van der Waals surface area contributed by atoms with E-state index >= 15 is 0 Å². The van der Waals surface area contributed by atoms with Crippen LogP contribution in [0, 0.1) is 12.3 Å². The van der Waals surface area contributed by atoms with Gasteiger partial charge in [0.15, 0.2) is 0 Å². The zero-order valence-electron chi connectivity index (χ0n) is 13.3. The van der Waals surface area contributed by atoms with Crippen LogP contribution in [0.3, 0.4) is 0 Å². The van der Waals surface area contributed by atoms with E-state index in [1.54, 1.807) is 21.0 Å². The van der Waals surface area contributed by atoms with Gasteiger partial charge in [0, 0.05) is 25.1 Å². The molecule has 5 heteroatoms. The van der Waals surface area contributed by atoms with Crippen molar-refractivity contribution in [3.63, 3.8) is 0 Å². The number of benzene rings is 1. The van der Waals surface area contributed by atoms with E-state index in [4.69, 9.17) is 16.3 Å². The number of nitrogens with zero attached hydrogens (tertiary/aromatic N) is 1. The predicted molar refractivity (Wildman–Crippen MR) is 90.0 cm³/mol. The zero-order valence-corrected chi connectivity index (χ0v) is 14.2. The summed E-state index contributed by atoms with van der Waals surface area (Å²) in [6, 6.07) is 7.93. The molecule has 0 unspecified atom stereocenters. The molecule has 0 saturated heterocycles. The van der Waals surface area contributed by atoms with Crippen LogP contribution >= 0.6 is 11.8 Å². The third kappa shape index (κ3) is 6.10. The quantitative estimate of drug-likeness (QED) is 0.560. The van der Waals surface area contributed by atoms with Gasteiger partial charge in [0.1, 0.15) is 4.75 Å². The SMILES string of the molecule is C#CCN(CCOC)Cc1ccc(SC(C)(C)C(=O)O)cc1. The number of terminal acetylenes is 1. The Bertz CT molecular complexity index is 520. The average molecular weight is 321 g/mol. The zero-order chi connectivity index (χ0) is 16.6. The number of hydrogen-bond acceptors (Lipinski definition) is 4. The normalized spacial score (nSPS) is 11.4. The third-order valence-corrected chi connectivity index (χ3v) is 4.34. The number of carboxylic acid groups (broad SMARTS) is 1. The minimum Gasteiger partial charge on any atom is -0.480 e. The van der Waals surface area contributed by atoms with Gasteiger partial charge in [-0.05, 0) is 31.5 Å². The first-order chi connectivity index (χ1) is 10.4. The molecule has 0 spiro atoms. The van der Waals surface area contributed by atoms with Gasteiger partial charge in [0.05, 0.1) is 13.2 Å². The number of carboxylic acids is 1. The maximum absolute atomic E-state index is 11.2. The highest BCUT2D eigenvalue weighted by Gasteiger charge is 2.28. The molecule has 0 fully saturated rings. The van der Waals surface area contributed by atoms with E-state index < -0.39 is 10.7 Å². The van der Waals surface area contributed by atoms with Crippen LogP contribution in [0.5, 0.6) is 0 Å². The minimum absolute atomic E-state index is 0.575. The van der Waals surface area contributed by atoms with E-state index in [2.05, 4.69) is 10.8 Å². The molecule has 1 rings (SSSR count). The lowest BCUT2D eigenvalue weighted by Crippen LogP contribution is -2.27. The van der Waals surface area contributed by atoms with Crippen LogP contribution in [-0.4, -0.2) is 47.5 Å². The van der Waals surface area contributed by atoms with Crippen molar-refractivity contribution in [2.45, 2.75) is 30.0 Å². The Labute approximate surface area is 136 Å². The molecule has 0 aliphatic carbocycles. The molecule has 1 N–H and O–H groups in total. The lowest BCUT2D eigenvalue weighted by atomic mass is 10.2. The summed E-state index contributed by atoms with van der Waals surface area (Å²) in [5, 5.41) is 9.16. The number of carbonyl (C=O) groups is 1. The Kier molecular flexibility index (Phi) is 7.46. The number of aliphatic carboxylic acids is 1. The molecule has 120 valence electrons. The van der Waals surface area contributed by atoms with Crippen LogP contribution in [0.25, 0.3) is 0 Å². The van der Waals surface area contributed by atoms with Gasteiger partial charge in [-0.15, -0.1) is 18.2 Å². The Balaban J connectivity index is 2.67. The van der Waals surface area contributed by atoms with Crippen molar-refractivity contribution in [2.24, 2.45) is 0 Å². The second-order valence-corrected chi connectivity index (χ2v) is 7.17. The number of rotatable bonds is 9. The van der Waals surface area contributed by atoms with Gasteiger partial charge < -0.3 is 9.84 Å². The first-order valence-electron chi connectivity index (χ1n) is 7.05. The molecule has 1 aromatic rings. The summed E-state index contributed by atoms with van der Waals surface area (Å²) >= 11 is 1.34. The van der Waals surface area contributed by atoms with E-state index in [0.717, 1.165) is 23.5 Å². The van der Waals surface area contributed by atoms with Crippen LogP contribution in [0.15, 0.2) is 29.2 Å². The topological polar surface area (TPSA) is 49.8 Å². The summed E-state index contributed by atoms with van der Waals surface area (Å²) in [5.74, 6) is 1.83. The summed E-state index contributed by atoms with van der Waals surface area (Å²) in [5.41, 5.74) is 1.14. The van der Waals surface area contributed by atoms with Crippen molar-refractivity contribution >= 4 is 17.7 Å². The van der Waals surface area contributed by atoms with Crippen LogP contribution < -0.4 is 0 Å². The molecule has 0 amide bonds. The number of ether oxygens (including phenoxy) is 1. The van der Waals surface area contributed by atoms with Gasteiger partial charge in [0.25, 0.3) is 0 Å². The van der Waals surface area contributed by atoms with Crippen molar-refractivity contribution in [2.75, 3.05) is 26.8 Å². The molecule has 0 bridgehead atoms. The molecule has 22 heavy (non-hydrogen) atoms. The number of thioether (sulfide) groups is 1. The van der Waals surface area contributed by atoms with Crippen molar-refractivity contribution in [1.29, 1.82) is 0 Å². The number of hydrogen-bond donors (Lipinski definition) is 1. The smallest absolute Gasteiger partial charge is 0.319 e. The minimum atomic E-state index is -0.838. The summed E-state index contributed by atoms with van der Waals surface area (Å²) < 4.78 is 4.25. The Hall–Kier alpha value is -1.48. The van der Waals surface area contributed by atoms with E-state index in [0.29, 0.717) is 13.2 Å². The lowest BCUT2D eigenvalue weighted by molar-refractivity contribution is -0.138. The molecule has 1 aromatic carbocycles. The van der Waals surface area contributed by atoms with Gasteiger partial charge in [-0.25, -0.2) is 0 Å². The highest BCUT2D eigenvalue weighted by Crippen LogP contribution is 2.32. The van der Waals surface area contributed by atoms with E-state index in [-0.39, 0.29) is 0 Å². The highest BCUT2D eigenvalue weighted by molar-refractivity contribution is 8.01. The monoisotopic (exact) mass is 321 g/mol. The average Bonchev–Trinajstić information content (AvgIpc) is 2.46. The molecule has 0 aliphatic rings. The van der Waals surface area contributed by atoms with Gasteiger partial charge in [-0.1, -0.05) is 18.1 Å². The van der Waals surface area contributed by atoms with Gasteiger partial charge in [-0.3, -0.25) is 9.69 Å². The maximum Gasteiger partial charge on any atom is 0.319 e. The molecule has 0 saturated carbocycles. The van der Waals surface area contributed by atoms with E-state index in [1.807, 2.05) is 24.3 Å². The van der Waals surface area contributed by atoms with Crippen LogP contribution in [0.4, 0.5) is 0 Å². The standard InChI is InChI=1S/C17H23NO3S/c1-5-10-18(11-12-21-4)13-14-6-8-15(9-7-14)22-17(2,3)16(19)20/h1,6-9H,10-13H2,2-4H3,(H,19,20). The third-order valence-electron chi connectivity index (χ3n) is 3.14. The fraction of sp³-hybridized carbons (Fsp3) is 0.471. The Morgan fingerprint density at radius 2 is 2.05 bits per heavy atom. The van der Waals surface area contributed by atoms with Crippen LogP contribution in [0.2, 0.25) is 0 Å². The van der Waals surface area contributed by atoms with Gasteiger partial charge >= 0.3 is 5.97 Å². The Morgan fingerprint density at radius 3 is 2.55 bits per heavy atom. The summed E-state index contributed by atoms with van der Waals surface area (Å²) in [6.45, 7) is 6.15. The molecule has 0 aromatic heterocycles. The van der Waals surface area contributed by atoms with Crippen LogP contribution in [0.1, 0.15) is 19.4 Å². The molecular formula is C17H23NO3S. The highest BCUT2D eigenvalue weighted by atomic mass is 32.2. The summed E-state index contributed by atoms with van der Waals surface area (Å²) in [6.07, 6.45) is 5.39. The molecule has 0 aliphatic heterocycles. The molecule has 0 heterocycles. The lowest BCUT2D eigenvalue weighted by Gasteiger charge is -2.20. The molecule has 0 radical (unpaired) electrons. The maximum atomic E-state index is 11.2. The van der Waals surface area contributed by atoms with Gasteiger partial charge in [0.2, 0.25) is 0 Å². The van der Waals surface area contributed by atoms with Crippen molar-refractivity contribution in [1.82, 2.24) is 4.90 Å². The van der Waals surface area contributed by atoms with E-state index in [9.17, 15) is 4.79 Å². The first kappa shape index (κ1) is 18.6. The van der Waals surface area contributed by atoms with Crippen LogP contribution in [-0.2, 0) is 16.1 Å². The fourth-order valence-electron chi connectivity index (χ4n) is 1.82. The van der Waals surface area contributed by atoms with Crippen molar-refractivity contribution in [3.05, 3.63) is 29.8 Å². The van der Waals surface area contributed by atoms with Crippen molar-refractivity contribution in [3.8, 4) is 12.3 Å². The van der Waals surface area contributed by atoms with Gasteiger partial charge in [-0.2, -0.15) is 0 Å². The second kappa shape index (κ2) is 8.84. The predicted octanol–water partition coefficient (Wildman–Crippen LogP) is 2.72. The molecule has 4 nitrogen and oxygen atoms in total. The van der Waals surface area contributed by atoms with E-state index in [1.165, 1.54) is 11.8 Å².